The summed E-state index contributed by atoms with van der Waals surface area (Å²) < 4.78 is 4.96. The van der Waals surface area contributed by atoms with E-state index in [1.807, 2.05) is 18.2 Å². The Bertz CT molecular complexity index is 912. The zero-order valence-corrected chi connectivity index (χ0v) is 18.2. The Morgan fingerprint density at radius 1 is 1.17 bits per heavy atom. The number of hydrogen-bond acceptors (Lipinski definition) is 7. The molecule has 0 radical (unpaired) electrons. The molecule has 0 aliphatic rings. The minimum absolute atomic E-state index is 0.00948. The first kappa shape index (κ1) is 23.4. The van der Waals surface area contributed by atoms with Gasteiger partial charge in [0.2, 0.25) is 0 Å². The lowest BCUT2D eigenvalue weighted by Gasteiger charge is -2.07. The van der Waals surface area contributed by atoms with Gasteiger partial charge in [0.05, 0.1) is 12.5 Å². The molecule has 1 heterocycles. The van der Waals surface area contributed by atoms with Crippen LogP contribution in [0.1, 0.15) is 71.6 Å². The molecule has 0 aliphatic heterocycles. The van der Waals surface area contributed by atoms with Crippen molar-refractivity contribution in [3.8, 4) is 6.07 Å². The average Bonchev–Trinajstić information content (AvgIpc) is 3.17. The lowest BCUT2D eigenvalue weighted by atomic mass is 10.0. The van der Waals surface area contributed by atoms with Crippen molar-refractivity contribution in [2.45, 2.75) is 58.3 Å². The molecule has 0 bridgehead atoms. The van der Waals surface area contributed by atoms with Crippen LogP contribution in [0.2, 0.25) is 0 Å². The summed E-state index contributed by atoms with van der Waals surface area (Å²) in [6.07, 6.45) is 4.37. The van der Waals surface area contributed by atoms with Gasteiger partial charge in [-0.3, -0.25) is 14.4 Å². The van der Waals surface area contributed by atoms with Crippen molar-refractivity contribution in [1.82, 2.24) is 4.98 Å². The van der Waals surface area contributed by atoms with Gasteiger partial charge < -0.3 is 4.74 Å². The van der Waals surface area contributed by atoms with E-state index in [-0.39, 0.29) is 18.6 Å². The molecule has 158 valence electrons. The van der Waals surface area contributed by atoms with Crippen LogP contribution in [0, 0.1) is 18.3 Å². The van der Waals surface area contributed by atoms with Crippen LogP contribution >= 0.6 is 11.3 Å². The maximum absolute atomic E-state index is 12.3. The summed E-state index contributed by atoms with van der Waals surface area (Å²) in [5.74, 6) is -2.36. The number of aryl methyl sites for hydroxylation is 2. The van der Waals surface area contributed by atoms with Gasteiger partial charge in [0.25, 0.3) is 0 Å². The van der Waals surface area contributed by atoms with Crippen LogP contribution in [0.3, 0.4) is 0 Å². The molecule has 0 saturated carbocycles. The van der Waals surface area contributed by atoms with Crippen molar-refractivity contribution in [3.05, 3.63) is 51.5 Å². The number of nitrogens with zero attached hydrogens (tertiary/aromatic N) is 2. The number of carbonyl (C=O) groups is 3. The summed E-state index contributed by atoms with van der Waals surface area (Å²) in [6.45, 7) is 3.43. The Morgan fingerprint density at radius 3 is 2.50 bits per heavy atom. The van der Waals surface area contributed by atoms with E-state index in [2.05, 4.69) is 11.9 Å². The summed E-state index contributed by atoms with van der Waals surface area (Å²) in [6, 6.07) is 9.36. The highest BCUT2D eigenvalue weighted by molar-refractivity contribution is 7.09. The van der Waals surface area contributed by atoms with Crippen LogP contribution in [0.25, 0.3) is 0 Å². The van der Waals surface area contributed by atoms with E-state index in [0.29, 0.717) is 10.6 Å². The quantitative estimate of drug-likeness (QED) is 0.280. The third-order valence-electron chi connectivity index (χ3n) is 4.61. The third kappa shape index (κ3) is 7.20. The van der Waals surface area contributed by atoms with Gasteiger partial charge in [-0.2, -0.15) is 5.26 Å². The lowest BCUT2D eigenvalue weighted by Crippen LogP contribution is -2.20. The van der Waals surface area contributed by atoms with Gasteiger partial charge >= 0.3 is 5.97 Å². The maximum Gasteiger partial charge on any atom is 0.306 e. The normalized spacial score (nSPS) is 11.5. The molecule has 0 unspecified atom stereocenters. The maximum atomic E-state index is 12.3. The molecule has 2 aromatic rings. The Morgan fingerprint density at radius 2 is 1.90 bits per heavy atom. The predicted molar refractivity (Wildman–Crippen MR) is 114 cm³/mol. The van der Waals surface area contributed by atoms with Crippen LogP contribution in [-0.2, 0) is 20.7 Å². The summed E-state index contributed by atoms with van der Waals surface area (Å²) >= 11 is 1.22. The number of thiazole rings is 1. The highest BCUT2D eigenvalue weighted by atomic mass is 32.1. The number of unbranched alkanes of at least 4 members (excludes halogenated alkanes) is 2. The van der Waals surface area contributed by atoms with Crippen LogP contribution < -0.4 is 0 Å². The van der Waals surface area contributed by atoms with Crippen LogP contribution in [0.15, 0.2) is 29.6 Å². The first-order valence-electron chi connectivity index (χ1n) is 10.1. The number of carbonyl (C=O) groups excluding carboxylic acids is 3. The number of Topliss-reactive ketones (excluding diaryl/α,β-unsaturated/α-hetero) is 2. The van der Waals surface area contributed by atoms with Crippen LogP contribution in [0.4, 0.5) is 0 Å². The standard InChI is InChI=1S/C23H26N2O4S/c1-3-4-5-6-17-7-9-18(10-8-17)20(26)11-12-22(28)29-14-21(27)19(13-24)23-25-16(2)15-30-23/h7-10,15,19H,3-6,11-12,14H2,1-2H3/t19-/m0/s1. The van der Waals surface area contributed by atoms with Crippen molar-refractivity contribution in [2.24, 2.45) is 0 Å². The number of hydrogen-bond donors (Lipinski definition) is 0. The molecule has 0 aliphatic carbocycles. The molecule has 6 nitrogen and oxygen atoms in total. The predicted octanol–water partition coefficient (Wildman–Crippen LogP) is 4.57. The monoisotopic (exact) mass is 426 g/mol. The van der Waals surface area contributed by atoms with E-state index in [1.54, 1.807) is 24.4 Å². The molecule has 30 heavy (non-hydrogen) atoms. The second-order valence-corrected chi connectivity index (χ2v) is 7.98. The number of benzene rings is 1. The summed E-state index contributed by atoms with van der Waals surface area (Å²) in [7, 11) is 0. The fraction of sp³-hybridized carbons (Fsp3) is 0.435. The van der Waals surface area contributed by atoms with Gasteiger partial charge in [0.1, 0.15) is 5.01 Å². The summed E-state index contributed by atoms with van der Waals surface area (Å²) in [5, 5.41) is 11.4. The van der Waals surface area contributed by atoms with E-state index in [4.69, 9.17) is 4.74 Å². The minimum Gasteiger partial charge on any atom is -0.458 e. The second-order valence-electron chi connectivity index (χ2n) is 7.09. The Kier molecular flexibility index (Phi) is 9.36. The van der Waals surface area contributed by atoms with E-state index in [0.717, 1.165) is 18.5 Å². The molecule has 0 N–H and O–H groups in total. The Labute approximate surface area is 180 Å². The molecule has 0 fully saturated rings. The minimum atomic E-state index is -1.05. The summed E-state index contributed by atoms with van der Waals surface area (Å²) in [4.78, 5) is 40.5. The summed E-state index contributed by atoms with van der Waals surface area (Å²) in [5.41, 5.74) is 2.48. The van der Waals surface area contributed by atoms with E-state index < -0.39 is 24.3 Å². The zero-order valence-electron chi connectivity index (χ0n) is 17.3. The van der Waals surface area contributed by atoms with Crippen molar-refractivity contribution in [2.75, 3.05) is 6.61 Å². The Balaban J connectivity index is 1.76. The molecule has 1 aromatic heterocycles. The van der Waals surface area contributed by atoms with Crippen molar-refractivity contribution < 1.29 is 19.1 Å². The van der Waals surface area contributed by atoms with E-state index >= 15 is 0 Å². The molecule has 7 heteroatoms. The number of aromatic nitrogens is 1. The number of ketones is 2. The highest BCUT2D eigenvalue weighted by Gasteiger charge is 2.24. The van der Waals surface area contributed by atoms with Gasteiger partial charge in [-0.25, -0.2) is 4.98 Å². The molecule has 0 saturated heterocycles. The number of nitriles is 1. The largest absolute Gasteiger partial charge is 0.458 e. The van der Waals surface area contributed by atoms with E-state index in [9.17, 15) is 19.6 Å². The van der Waals surface area contributed by atoms with Gasteiger partial charge in [-0.1, -0.05) is 44.0 Å². The first-order chi connectivity index (χ1) is 14.4. The molecule has 1 aromatic carbocycles. The van der Waals surface area contributed by atoms with Crippen molar-refractivity contribution in [1.29, 1.82) is 5.26 Å². The fourth-order valence-electron chi connectivity index (χ4n) is 2.87. The molecule has 0 amide bonds. The van der Waals surface area contributed by atoms with Gasteiger partial charge in [-0.15, -0.1) is 11.3 Å². The van der Waals surface area contributed by atoms with Gasteiger partial charge in [-0.05, 0) is 25.3 Å². The smallest absolute Gasteiger partial charge is 0.306 e. The van der Waals surface area contributed by atoms with Crippen LogP contribution in [-0.4, -0.2) is 29.1 Å². The molecular formula is C23H26N2O4S. The SMILES string of the molecule is CCCCCc1ccc(C(=O)CCC(=O)OCC(=O)[C@H](C#N)c2nc(C)cs2)cc1. The lowest BCUT2D eigenvalue weighted by molar-refractivity contribution is -0.148. The van der Waals surface area contributed by atoms with Crippen molar-refractivity contribution in [3.63, 3.8) is 0 Å². The fourth-order valence-corrected chi connectivity index (χ4v) is 3.73. The average molecular weight is 427 g/mol. The molecular weight excluding hydrogens is 400 g/mol. The number of ether oxygens (including phenoxy) is 1. The number of rotatable bonds is 12. The van der Waals surface area contributed by atoms with E-state index in [1.165, 1.54) is 29.7 Å². The number of esters is 1. The molecule has 2 rings (SSSR count). The van der Waals surface area contributed by atoms with Crippen molar-refractivity contribution >= 4 is 28.9 Å². The molecule has 0 spiro atoms. The third-order valence-corrected chi connectivity index (χ3v) is 5.64. The zero-order chi connectivity index (χ0) is 21.9. The topological polar surface area (TPSA) is 97.1 Å². The van der Waals surface area contributed by atoms with Gasteiger partial charge in [0.15, 0.2) is 24.1 Å². The highest BCUT2D eigenvalue weighted by Crippen LogP contribution is 2.21. The van der Waals surface area contributed by atoms with Crippen LogP contribution in [0.5, 0.6) is 0 Å². The van der Waals surface area contributed by atoms with Gasteiger partial charge in [0, 0.05) is 23.1 Å². The second kappa shape index (κ2) is 12.0. The first-order valence-corrected chi connectivity index (χ1v) is 10.9. The molecule has 1 atom stereocenters. The Hall–Kier alpha value is -2.85.